The number of rotatable bonds is 7. The van der Waals surface area contributed by atoms with E-state index in [1.807, 2.05) is 19.9 Å². The van der Waals surface area contributed by atoms with Gasteiger partial charge in [0.25, 0.3) is 0 Å². The minimum absolute atomic E-state index is 0.00641. The molecule has 0 aliphatic heterocycles. The number of nitrogens with one attached hydrogen (secondary N) is 2. The van der Waals surface area contributed by atoms with E-state index in [9.17, 15) is 8.42 Å². The van der Waals surface area contributed by atoms with Gasteiger partial charge in [0.2, 0.25) is 10.0 Å². The number of hydrogen-bond donors (Lipinski definition) is 2. The van der Waals surface area contributed by atoms with Gasteiger partial charge in [-0.15, -0.1) is 0 Å². The normalized spacial score (nSPS) is 17.5. The average molecular weight is 375 g/mol. The molecule has 1 aliphatic rings. The van der Waals surface area contributed by atoms with Gasteiger partial charge in [-0.25, -0.2) is 13.1 Å². The fraction of sp³-hybridized carbons (Fsp3) is 0.600. The maximum Gasteiger partial charge on any atom is 0.241 e. The topological polar surface area (TPSA) is 58.2 Å². The molecule has 21 heavy (non-hydrogen) atoms. The zero-order valence-corrected chi connectivity index (χ0v) is 14.9. The summed E-state index contributed by atoms with van der Waals surface area (Å²) in [5, 5.41) is 3.21. The molecule has 0 amide bonds. The molecule has 0 spiro atoms. The van der Waals surface area contributed by atoms with Crippen LogP contribution in [0, 0.1) is 5.92 Å². The van der Waals surface area contributed by atoms with E-state index in [1.165, 1.54) is 6.42 Å². The number of benzene rings is 1. The highest BCUT2D eigenvalue weighted by atomic mass is 79.9. The van der Waals surface area contributed by atoms with Crippen LogP contribution in [0.1, 0.15) is 38.7 Å². The zero-order valence-electron chi connectivity index (χ0n) is 12.5. The van der Waals surface area contributed by atoms with Crippen LogP contribution in [-0.4, -0.2) is 21.0 Å². The molecule has 1 fully saturated rings. The van der Waals surface area contributed by atoms with Gasteiger partial charge in [0.05, 0.1) is 4.90 Å². The third kappa shape index (κ3) is 4.28. The van der Waals surface area contributed by atoms with Crippen LogP contribution in [0.2, 0.25) is 0 Å². The number of hydrogen-bond acceptors (Lipinski definition) is 3. The summed E-state index contributed by atoms with van der Waals surface area (Å²) in [5.74, 6) is 0.475. The second kappa shape index (κ2) is 7.22. The number of halogens is 1. The first-order chi connectivity index (χ1) is 9.94. The summed E-state index contributed by atoms with van der Waals surface area (Å²) >= 11 is 3.35. The third-order valence-electron chi connectivity index (χ3n) is 4.06. The molecule has 0 saturated heterocycles. The van der Waals surface area contributed by atoms with E-state index in [2.05, 4.69) is 26.0 Å². The van der Waals surface area contributed by atoms with Crippen LogP contribution in [0.4, 0.5) is 0 Å². The maximum atomic E-state index is 12.6. The quantitative estimate of drug-likeness (QED) is 0.770. The van der Waals surface area contributed by atoms with Crippen molar-refractivity contribution in [2.24, 2.45) is 5.92 Å². The molecule has 118 valence electrons. The van der Waals surface area contributed by atoms with E-state index in [4.69, 9.17) is 0 Å². The number of sulfonamides is 1. The molecule has 1 saturated carbocycles. The maximum absolute atomic E-state index is 12.6. The van der Waals surface area contributed by atoms with Crippen LogP contribution in [0.15, 0.2) is 27.6 Å². The lowest BCUT2D eigenvalue weighted by molar-refractivity contribution is 0.260. The highest BCUT2D eigenvalue weighted by Crippen LogP contribution is 2.31. The predicted molar refractivity (Wildman–Crippen MR) is 88.6 cm³/mol. The Balaban J connectivity index is 2.17. The summed E-state index contributed by atoms with van der Waals surface area (Å²) < 4.78 is 28.6. The van der Waals surface area contributed by atoms with E-state index < -0.39 is 10.0 Å². The predicted octanol–water partition coefficient (Wildman–Crippen LogP) is 3.03. The van der Waals surface area contributed by atoms with E-state index in [1.54, 1.807) is 12.1 Å². The molecule has 2 rings (SSSR count). The molecule has 6 heteroatoms. The van der Waals surface area contributed by atoms with Crippen LogP contribution < -0.4 is 10.0 Å². The summed E-state index contributed by atoms with van der Waals surface area (Å²) in [5.41, 5.74) is 0.969. The van der Waals surface area contributed by atoms with E-state index in [0.717, 1.165) is 24.9 Å². The largest absolute Gasteiger partial charge is 0.313 e. The highest BCUT2D eigenvalue weighted by molar-refractivity contribution is 9.10. The average Bonchev–Trinajstić information content (AvgIpc) is 2.34. The minimum Gasteiger partial charge on any atom is -0.313 e. The van der Waals surface area contributed by atoms with Crippen molar-refractivity contribution < 1.29 is 8.42 Å². The standard InChI is InChI=1S/C15H23BrN2O2S/c1-3-17-10-12-7-8-14(16)15(9-12)21(19,20)18-11(2)13-5-4-6-13/h7-9,11,13,17-18H,3-6,10H2,1-2H3. The van der Waals surface area contributed by atoms with Crippen LogP contribution >= 0.6 is 15.9 Å². The molecule has 1 aliphatic carbocycles. The SMILES string of the molecule is CCNCc1ccc(Br)c(S(=O)(=O)NC(C)C2CCC2)c1. The zero-order chi connectivity index (χ0) is 15.5. The van der Waals surface area contributed by atoms with Crippen molar-refractivity contribution in [3.05, 3.63) is 28.2 Å². The molecule has 0 aromatic heterocycles. The van der Waals surface area contributed by atoms with Crippen LogP contribution in [0.5, 0.6) is 0 Å². The lowest BCUT2D eigenvalue weighted by Crippen LogP contribution is -2.40. The molecule has 1 unspecified atom stereocenters. The Labute approximate surface area is 135 Å². The highest BCUT2D eigenvalue weighted by Gasteiger charge is 2.28. The monoisotopic (exact) mass is 374 g/mol. The molecule has 1 aromatic carbocycles. The van der Waals surface area contributed by atoms with Gasteiger partial charge < -0.3 is 5.32 Å². The summed E-state index contributed by atoms with van der Waals surface area (Å²) in [6.45, 7) is 5.51. The van der Waals surface area contributed by atoms with Crippen LogP contribution in [0.3, 0.4) is 0 Å². The molecule has 4 nitrogen and oxygen atoms in total. The Hall–Kier alpha value is -0.430. The first-order valence-corrected chi connectivity index (χ1v) is 9.73. The smallest absolute Gasteiger partial charge is 0.241 e. The lowest BCUT2D eigenvalue weighted by atomic mass is 9.81. The Morgan fingerprint density at radius 1 is 1.38 bits per heavy atom. The molecular formula is C15H23BrN2O2S. The van der Waals surface area contributed by atoms with Gasteiger partial charge in [0.1, 0.15) is 0 Å². The van der Waals surface area contributed by atoms with Crippen LogP contribution in [0.25, 0.3) is 0 Å². The van der Waals surface area contributed by atoms with Gasteiger partial charge >= 0.3 is 0 Å². The van der Waals surface area contributed by atoms with E-state index >= 15 is 0 Å². The molecule has 0 bridgehead atoms. The fourth-order valence-corrected chi connectivity index (χ4v) is 4.80. The first kappa shape index (κ1) is 16.9. The minimum atomic E-state index is -3.48. The lowest BCUT2D eigenvalue weighted by Gasteiger charge is -2.31. The molecular weight excluding hydrogens is 352 g/mol. The Morgan fingerprint density at radius 2 is 2.10 bits per heavy atom. The van der Waals surface area contributed by atoms with Crippen molar-refractivity contribution in [2.75, 3.05) is 6.54 Å². The van der Waals surface area contributed by atoms with Crippen molar-refractivity contribution in [3.8, 4) is 0 Å². The van der Waals surface area contributed by atoms with Crippen molar-refractivity contribution in [3.63, 3.8) is 0 Å². The van der Waals surface area contributed by atoms with E-state index in [-0.39, 0.29) is 6.04 Å². The summed E-state index contributed by atoms with van der Waals surface area (Å²) in [4.78, 5) is 0.323. The first-order valence-electron chi connectivity index (χ1n) is 7.45. The Bertz CT molecular complexity index is 585. The van der Waals surface area contributed by atoms with Gasteiger partial charge in [-0.2, -0.15) is 0 Å². The van der Waals surface area contributed by atoms with E-state index in [0.29, 0.717) is 21.8 Å². The molecule has 0 heterocycles. The van der Waals surface area contributed by atoms with Crippen molar-refractivity contribution in [1.29, 1.82) is 0 Å². The summed E-state index contributed by atoms with van der Waals surface area (Å²) in [6, 6.07) is 5.46. The second-order valence-electron chi connectivity index (χ2n) is 5.65. The Morgan fingerprint density at radius 3 is 2.67 bits per heavy atom. The molecule has 0 radical (unpaired) electrons. The van der Waals surface area contributed by atoms with Gasteiger partial charge in [-0.1, -0.05) is 19.4 Å². The van der Waals surface area contributed by atoms with Gasteiger partial charge in [-0.3, -0.25) is 0 Å². The molecule has 2 N–H and O–H groups in total. The second-order valence-corrected chi connectivity index (χ2v) is 8.18. The van der Waals surface area contributed by atoms with Gasteiger partial charge in [0, 0.05) is 17.1 Å². The molecule has 1 aromatic rings. The van der Waals surface area contributed by atoms with Crippen LogP contribution in [-0.2, 0) is 16.6 Å². The van der Waals surface area contributed by atoms with Crippen molar-refractivity contribution in [2.45, 2.75) is 50.6 Å². The van der Waals surface area contributed by atoms with Crippen molar-refractivity contribution >= 4 is 26.0 Å². The summed E-state index contributed by atoms with van der Waals surface area (Å²) in [7, 11) is -3.48. The fourth-order valence-electron chi connectivity index (χ4n) is 2.48. The summed E-state index contributed by atoms with van der Waals surface area (Å²) in [6.07, 6.45) is 3.44. The van der Waals surface area contributed by atoms with Gasteiger partial charge in [0.15, 0.2) is 0 Å². The third-order valence-corrected chi connectivity index (χ3v) is 6.62. The Kier molecular flexibility index (Phi) is 5.82. The molecule has 1 atom stereocenters. The van der Waals surface area contributed by atoms with Crippen molar-refractivity contribution in [1.82, 2.24) is 10.0 Å². The van der Waals surface area contributed by atoms with Gasteiger partial charge in [-0.05, 0) is 65.9 Å².